The van der Waals surface area contributed by atoms with Crippen molar-refractivity contribution < 1.29 is 4.74 Å². The minimum atomic E-state index is 0.726. The minimum Gasteiger partial charge on any atom is -0.495 e. The van der Waals surface area contributed by atoms with Crippen molar-refractivity contribution in [3.63, 3.8) is 0 Å². The van der Waals surface area contributed by atoms with Gasteiger partial charge in [-0.15, -0.1) is 0 Å². The van der Waals surface area contributed by atoms with Crippen LogP contribution in [0.1, 0.15) is 0 Å². The van der Waals surface area contributed by atoms with Gasteiger partial charge in [-0.2, -0.15) is 5.10 Å². The molecule has 2 aromatic rings. The van der Waals surface area contributed by atoms with Crippen LogP contribution in [0.4, 0.5) is 0 Å². The molecule has 0 atom stereocenters. The second kappa shape index (κ2) is 2.23. The van der Waals surface area contributed by atoms with Gasteiger partial charge in [0.25, 0.3) is 0 Å². The molecule has 2 rings (SSSR count). The zero-order valence-corrected chi connectivity index (χ0v) is 6.06. The Bertz CT molecular complexity index is 368. The van der Waals surface area contributed by atoms with Gasteiger partial charge < -0.3 is 4.74 Å². The first kappa shape index (κ1) is 6.15. The number of fused-ring (bicyclic) bond motifs is 1. The van der Waals surface area contributed by atoms with Crippen molar-refractivity contribution in [2.75, 3.05) is 7.11 Å². The smallest absolute Gasteiger partial charge is 0.157 e. The molecule has 0 saturated heterocycles. The molecule has 0 spiro atoms. The second-order valence-electron chi connectivity index (χ2n) is 2.13. The first-order valence-corrected chi connectivity index (χ1v) is 3.23. The van der Waals surface area contributed by atoms with Crippen molar-refractivity contribution in [3.8, 4) is 5.75 Å². The first-order valence-electron chi connectivity index (χ1n) is 3.23. The van der Waals surface area contributed by atoms with Crippen molar-refractivity contribution in [2.24, 2.45) is 0 Å². The average Bonchev–Trinajstić information content (AvgIpc) is 2.50. The maximum atomic E-state index is 4.98. The fourth-order valence-corrected chi connectivity index (χ4v) is 0.905. The van der Waals surface area contributed by atoms with Crippen LogP contribution in [0.15, 0.2) is 24.7 Å². The van der Waals surface area contributed by atoms with Gasteiger partial charge in [0.15, 0.2) is 5.65 Å². The van der Waals surface area contributed by atoms with Gasteiger partial charge in [-0.05, 0) is 0 Å². The molecule has 2 aromatic heterocycles. The number of hydrogen-bond donors (Lipinski definition) is 0. The molecule has 4 heteroatoms. The van der Waals surface area contributed by atoms with E-state index in [9.17, 15) is 0 Å². The van der Waals surface area contributed by atoms with E-state index in [1.807, 2.05) is 6.07 Å². The molecule has 0 N–H and O–H groups in total. The van der Waals surface area contributed by atoms with E-state index in [1.54, 1.807) is 30.2 Å². The third kappa shape index (κ3) is 0.920. The van der Waals surface area contributed by atoms with Crippen molar-refractivity contribution in [3.05, 3.63) is 24.7 Å². The highest BCUT2D eigenvalue weighted by molar-refractivity contribution is 5.41. The molecular formula is C7H7N3O. The number of ether oxygens (including phenoxy) is 1. The summed E-state index contributed by atoms with van der Waals surface area (Å²) in [7, 11) is 1.61. The maximum absolute atomic E-state index is 4.98. The highest BCUT2D eigenvalue weighted by atomic mass is 16.5. The number of rotatable bonds is 1. The first-order chi connectivity index (χ1) is 5.40. The summed E-state index contributed by atoms with van der Waals surface area (Å²) < 4.78 is 6.66. The summed E-state index contributed by atoms with van der Waals surface area (Å²) in [6, 6.07) is 1.83. The van der Waals surface area contributed by atoms with Gasteiger partial charge in [0.1, 0.15) is 5.75 Å². The predicted molar refractivity (Wildman–Crippen MR) is 39.5 cm³/mol. The van der Waals surface area contributed by atoms with Crippen LogP contribution in [0.25, 0.3) is 5.65 Å². The van der Waals surface area contributed by atoms with Crippen LogP contribution >= 0.6 is 0 Å². The molecule has 0 radical (unpaired) electrons. The monoisotopic (exact) mass is 149 g/mol. The highest BCUT2D eigenvalue weighted by Crippen LogP contribution is 2.09. The summed E-state index contributed by atoms with van der Waals surface area (Å²) in [5, 5.41) is 4.04. The largest absolute Gasteiger partial charge is 0.495 e. The molecule has 0 bridgehead atoms. The lowest BCUT2D eigenvalue weighted by molar-refractivity contribution is 0.411. The van der Waals surface area contributed by atoms with E-state index in [2.05, 4.69) is 10.1 Å². The lowest BCUT2D eigenvalue weighted by atomic mass is 10.5. The molecule has 4 nitrogen and oxygen atoms in total. The number of methoxy groups -OCH3 is 1. The minimum absolute atomic E-state index is 0.726. The molecule has 0 fully saturated rings. The van der Waals surface area contributed by atoms with E-state index in [0.29, 0.717) is 0 Å². The molecule has 0 amide bonds. The fourth-order valence-electron chi connectivity index (χ4n) is 0.905. The fraction of sp³-hybridized carbons (Fsp3) is 0.143. The summed E-state index contributed by atoms with van der Waals surface area (Å²) in [5.74, 6) is 0.726. The van der Waals surface area contributed by atoms with Gasteiger partial charge in [0, 0.05) is 18.5 Å². The Morgan fingerprint density at radius 1 is 1.55 bits per heavy atom. The van der Waals surface area contributed by atoms with Crippen LogP contribution in [0.3, 0.4) is 0 Å². The molecule has 0 unspecified atom stereocenters. The van der Waals surface area contributed by atoms with Crippen molar-refractivity contribution in [2.45, 2.75) is 0 Å². The Balaban J connectivity index is 2.67. The summed E-state index contributed by atoms with van der Waals surface area (Å²) in [5.41, 5.74) is 0.796. The summed E-state index contributed by atoms with van der Waals surface area (Å²) in [6.45, 7) is 0. The Kier molecular flexibility index (Phi) is 1.25. The zero-order chi connectivity index (χ0) is 7.68. The van der Waals surface area contributed by atoms with Crippen LogP contribution in [0, 0.1) is 0 Å². The summed E-state index contributed by atoms with van der Waals surface area (Å²) >= 11 is 0. The van der Waals surface area contributed by atoms with Crippen LogP contribution in [-0.4, -0.2) is 21.7 Å². The normalized spacial score (nSPS) is 10.3. The van der Waals surface area contributed by atoms with Gasteiger partial charge in [0.05, 0.1) is 13.3 Å². The van der Waals surface area contributed by atoms with E-state index >= 15 is 0 Å². The van der Waals surface area contributed by atoms with E-state index < -0.39 is 0 Å². The van der Waals surface area contributed by atoms with Gasteiger partial charge in [0.2, 0.25) is 0 Å². The molecule has 0 aliphatic carbocycles. The lowest BCUT2D eigenvalue weighted by Gasteiger charge is -1.97. The van der Waals surface area contributed by atoms with Crippen molar-refractivity contribution >= 4 is 5.65 Å². The third-order valence-electron chi connectivity index (χ3n) is 1.47. The number of nitrogens with zero attached hydrogens (tertiary/aromatic N) is 3. The number of aromatic nitrogens is 3. The lowest BCUT2D eigenvalue weighted by Crippen LogP contribution is -1.91. The van der Waals surface area contributed by atoms with E-state index in [4.69, 9.17) is 4.74 Å². The molecular weight excluding hydrogens is 142 g/mol. The van der Waals surface area contributed by atoms with Crippen molar-refractivity contribution in [1.29, 1.82) is 0 Å². The summed E-state index contributed by atoms with van der Waals surface area (Å²) in [6.07, 6.45) is 5.13. The van der Waals surface area contributed by atoms with Gasteiger partial charge in [-0.1, -0.05) is 0 Å². The Morgan fingerprint density at radius 3 is 3.27 bits per heavy atom. The Morgan fingerprint density at radius 2 is 2.45 bits per heavy atom. The zero-order valence-electron chi connectivity index (χ0n) is 6.06. The molecule has 0 aliphatic rings. The standard InChI is InChI=1S/C7H7N3O/c1-11-6-4-7-8-2-3-10(7)9-5-6/h2-5H,1H3. The molecule has 0 aromatic carbocycles. The predicted octanol–water partition coefficient (Wildman–Crippen LogP) is 0.738. The average molecular weight is 149 g/mol. The van der Waals surface area contributed by atoms with E-state index in [-0.39, 0.29) is 0 Å². The topological polar surface area (TPSA) is 39.4 Å². The van der Waals surface area contributed by atoms with Crippen LogP contribution in [0.2, 0.25) is 0 Å². The molecule has 11 heavy (non-hydrogen) atoms. The van der Waals surface area contributed by atoms with Gasteiger partial charge in [-0.25, -0.2) is 9.50 Å². The van der Waals surface area contributed by atoms with Crippen molar-refractivity contribution in [1.82, 2.24) is 14.6 Å². The number of imidazole rings is 1. The van der Waals surface area contributed by atoms with Crippen LogP contribution < -0.4 is 4.74 Å². The molecule has 56 valence electrons. The van der Waals surface area contributed by atoms with Crippen LogP contribution in [-0.2, 0) is 0 Å². The van der Waals surface area contributed by atoms with E-state index in [1.165, 1.54) is 0 Å². The summed E-state index contributed by atoms with van der Waals surface area (Å²) in [4.78, 5) is 4.05. The van der Waals surface area contributed by atoms with Crippen LogP contribution in [0.5, 0.6) is 5.75 Å². The van der Waals surface area contributed by atoms with Gasteiger partial charge >= 0.3 is 0 Å². The Hall–Kier alpha value is -1.58. The highest BCUT2D eigenvalue weighted by Gasteiger charge is 1.95. The van der Waals surface area contributed by atoms with Gasteiger partial charge in [-0.3, -0.25) is 0 Å². The third-order valence-corrected chi connectivity index (χ3v) is 1.47. The molecule has 0 aliphatic heterocycles. The number of hydrogen-bond acceptors (Lipinski definition) is 3. The molecule has 0 saturated carbocycles. The van der Waals surface area contributed by atoms with E-state index in [0.717, 1.165) is 11.4 Å². The second-order valence-corrected chi connectivity index (χ2v) is 2.13. The maximum Gasteiger partial charge on any atom is 0.157 e. The quantitative estimate of drug-likeness (QED) is 0.600. The SMILES string of the molecule is COc1cnn2ccnc2c1. The Labute approximate surface area is 63.4 Å². The molecule has 2 heterocycles.